The molecule has 5 nitrogen and oxygen atoms in total. The topological polar surface area (TPSA) is 66.5 Å². The molecule has 9 heteroatoms. The van der Waals surface area contributed by atoms with Crippen molar-refractivity contribution in [3.05, 3.63) is 65.2 Å². The number of sulfonamides is 1. The maximum atomic E-state index is 13.4. The number of rotatable bonds is 11. The fraction of sp³-hybridized carbons (Fsp3) is 0.381. The Balaban J connectivity index is 1.73. The van der Waals surface area contributed by atoms with Crippen LogP contribution in [0.15, 0.2) is 42.5 Å². The minimum atomic E-state index is -3.69. The van der Waals surface area contributed by atoms with Crippen LogP contribution in [0, 0.1) is 18.6 Å². The van der Waals surface area contributed by atoms with Gasteiger partial charge in [-0.2, -0.15) is 11.8 Å². The first-order valence-electron chi connectivity index (χ1n) is 9.49. The Morgan fingerprint density at radius 1 is 1.13 bits per heavy atom. The number of hydrogen-bond acceptors (Lipinski definition) is 4. The van der Waals surface area contributed by atoms with Gasteiger partial charge in [0.2, 0.25) is 15.9 Å². The number of hydrogen-bond donors (Lipinski definition) is 1. The van der Waals surface area contributed by atoms with E-state index in [1.165, 1.54) is 17.2 Å². The van der Waals surface area contributed by atoms with Gasteiger partial charge in [-0.3, -0.25) is 9.10 Å². The average Bonchev–Trinajstić information content (AvgIpc) is 2.66. The normalized spacial score (nSPS) is 11.3. The summed E-state index contributed by atoms with van der Waals surface area (Å²) in [6.45, 7) is 2.57. The summed E-state index contributed by atoms with van der Waals surface area (Å²) in [4.78, 5) is 12.0. The summed E-state index contributed by atoms with van der Waals surface area (Å²) in [5, 5.41) is 2.81. The number of nitrogens with one attached hydrogen (secondary N) is 1. The van der Waals surface area contributed by atoms with Crippen LogP contribution >= 0.6 is 11.8 Å². The Hall–Kier alpha value is -2.13. The third-order valence-corrected chi connectivity index (χ3v) is 6.50. The molecule has 0 aliphatic rings. The zero-order valence-electron chi connectivity index (χ0n) is 17.0. The quantitative estimate of drug-likeness (QED) is 0.522. The Morgan fingerprint density at radius 2 is 1.90 bits per heavy atom. The van der Waals surface area contributed by atoms with E-state index in [4.69, 9.17) is 0 Å². The van der Waals surface area contributed by atoms with Gasteiger partial charge >= 0.3 is 0 Å². The van der Waals surface area contributed by atoms with Crippen LogP contribution in [0.25, 0.3) is 0 Å². The van der Waals surface area contributed by atoms with Gasteiger partial charge in [-0.15, -0.1) is 0 Å². The first kappa shape index (κ1) is 24.1. The molecule has 1 amide bonds. The van der Waals surface area contributed by atoms with Gasteiger partial charge in [0.1, 0.15) is 0 Å². The summed E-state index contributed by atoms with van der Waals surface area (Å²) in [5.41, 5.74) is 2.49. The van der Waals surface area contributed by atoms with Crippen LogP contribution in [0.2, 0.25) is 0 Å². The van der Waals surface area contributed by atoms with Gasteiger partial charge in [-0.25, -0.2) is 17.2 Å². The van der Waals surface area contributed by atoms with Gasteiger partial charge < -0.3 is 5.32 Å². The third kappa shape index (κ3) is 7.95. The molecule has 0 aliphatic carbocycles. The number of benzene rings is 2. The number of anilines is 1. The molecule has 2 aromatic carbocycles. The molecule has 0 radical (unpaired) electrons. The van der Waals surface area contributed by atoms with E-state index in [0.29, 0.717) is 6.54 Å². The molecule has 0 fully saturated rings. The highest BCUT2D eigenvalue weighted by Crippen LogP contribution is 2.21. The van der Waals surface area contributed by atoms with Crippen LogP contribution < -0.4 is 9.62 Å². The third-order valence-electron chi connectivity index (χ3n) is 4.28. The Labute approximate surface area is 180 Å². The predicted molar refractivity (Wildman–Crippen MR) is 118 cm³/mol. The van der Waals surface area contributed by atoms with Crippen molar-refractivity contribution in [2.75, 3.05) is 29.4 Å². The highest BCUT2D eigenvalue weighted by Gasteiger charge is 2.19. The van der Waals surface area contributed by atoms with Crippen molar-refractivity contribution in [1.29, 1.82) is 0 Å². The van der Waals surface area contributed by atoms with Crippen LogP contribution in [0.4, 0.5) is 14.5 Å². The molecule has 0 aromatic heterocycles. The molecule has 0 saturated heterocycles. The highest BCUT2D eigenvalue weighted by molar-refractivity contribution is 7.98. The van der Waals surface area contributed by atoms with E-state index in [1.807, 2.05) is 19.1 Å². The van der Waals surface area contributed by atoms with Crippen molar-refractivity contribution in [1.82, 2.24) is 5.32 Å². The van der Waals surface area contributed by atoms with Gasteiger partial charge in [-0.05, 0) is 31.0 Å². The second-order valence-corrected chi connectivity index (χ2v) is 9.94. The molecule has 0 unspecified atom stereocenters. The number of carbonyl (C=O) groups excluding carboxylic acids is 1. The van der Waals surface area contributed by atoms with E-state index in [0.717, 1.165) is 34.2 Å². The van der Waals surface area contributed by atoms with Gasteiger partial charge in [0.25, 0.3) is 0 Å². The molecule has 1 N–H and O–H groups in total. The fourth-order valence-corrected chi connectivity index (χ4v) is 4.62. The fourth-order valence-electron chi connectivity index (χ4n) is 2.85. The van der Waals surface area contributed by atoms with E-state index < -0.39 is 21.7 Å². The summed E-state index contributed by atoms with van der Waals surface area (Å²) in [6.07, 6.45) is 1.38. The van der Waals surface area contributed by atoms with Gasteiger partial charge in [0, 0.05) is 37.1 Å². The number of halogens is 2. The van der Waals surface area contributed by atoms with Crippen molar-refractivity contribution < 1.29 is 22.0 Å². The smallest absolute Gasteiger partial charge is 0.232 e. The minimum absolute atomic E-state index is 0.000562. The van der Waals surface area contributed by atoms with E-state index in [9.17, 15) is 22.0 Å². The zero-order valence-corrected chi connectivity index (χ0v) is 18.7. The molecule has 30 heavy (non-hydrogen) atoms. The lowest BCUT2D eigenvalue weighted by molar-refractivity contribution is -0.121. The van der Waals surface area contributed by atoms with Crippen LogP contribution in [0.3, 0.4) is 0 Å². The zero-order chi connectivity index (χ0) is 22.1. The monoisotopic (exact) mass is 456 g/mol. The molecule has 2 rings (SSSR count). The lowest BCUT2D eigenvalue weighted by Gasteiger charge is -2.22. The summed E-state index contributed by atoms with van der Waals surface area (Å²) in [7, 11) is -3.69. The molecule has 0 heterocycles. The lowest BCUT2D eigenvalue weighted by atomic mass is 10.2. The van der Waals surface area contributed by atoms with Crippen molar-refractivity contribution in [3.8, 4) is 0 Å². The molecular formula is C21H26F2N2O3S2. The lowest BCUT2D eigenvalue weighted by Crippen LogP contribution is -2.32. The molecule has 2 aromatic rings. The van der Waals surface area contributed by atoms with Crippen molar-refractivity contribution in [2.45, 2.75) is 25.5 Å². The summed E-state index contributed by atoms with van der Waals surface area (Å²) in [6, 6.07) is 11.2. The molecule has 0 bridgehead atoms. The second kappa shape index (κ2) is 11.3. The highest BCUT2D eigenvalue weighted by atomic mass is 32.2. The van der Waals surface area contributed by atoms with Crippen LogP contribution in [0.5, 0.6) is 0 Å². The second-order valence-electron chi connectivity index (χ2n) is 6.93. The van der Waals surface area contributed by atoms with Gasteiger partial charge in [0.15, 0.2) is 11.6 Å². The standard InChI is InChI=1S/C21H26F2N2O3S2/c1-16-5-3-6-17(13-16)15-29-12-10-24-21(26)7-4-11-25(30(2,27)28)18-8-9-19(22)20(23)14-18/h3,5-6,8-9,13-14H,4,7,10-12,15H2,1-2H3,(H,24,26). The van der Waals surface area contributed by atoms with E-state index in [2.05, 4.69) is 17.4 Å². The van der Waals surface area contributed by atoms with Crippen molar-refractivity contribution in [3.63, 3.8) is 0 Å². The SMILES string of the molecule is Cc1cccc(CSCCNC(=O)CCCN(c2ccc(F)c(F)c2)S(C)(=O)=O)c1. The molecule has 0 spiro atoms. The molecule has 0 aliphatic heterocycles. The number of nitrogens with zero attached hydrogens (tertiary/aromatic N) is 1. The summed E-state index contributed by atoms with van der Waals surface area (Å²) >= 11 is 1.72. The number of amides is 1. The number of carbonyl (C=O) groups is 1. The van der Waals surface area contributed by atoms with E-state index in [-0.39, 0.29) is 31.0 Å². The van der Waals surface area contributed by atoms with Gasteiger partial charge in [-0.1, -0.05) is 29.8 Å². The molecule has 0 atom stereocenters. The maximum absolute atomic E-state index is 13.4. The largest absolute Gasteiger partial charge is 0.355 e. The Bertz CT molecular complexity index is 968. The molecule has 164 valence electrons. The van der Waals surface area contributed by atoms with Crippen molar-refractivity contribution in [2.24, 2.45) is 0 Å². The van der Waals surface area contributed by atoms with Crippen molar-refractivity contribution >= 4 is 33.4 Å². The predicted octanol–water partition coefficient (Wildman–Crippen LogP) is 3.87. The first-order valence-corrected chi connectivity index (χ1v) is 12.5. The van der Waals surface area contributed by atoms with Crippen LogP contribution in [-0.4, -0.2) is 39.4 Å². The Morgan fingerprint density at radius 3 is 2.57 bits per heavy atom. The van der Waals surface area contributed by atoms with Crippen LogP contribution in [0.1, 0.15) is 24.0 Å². The Kier molecular flexibility index (Phi) is 9.10. The van der Waals surface area contributed by atoms with Crippen LogP contribution in [-0.2, 0) is 20.6 Å². The molecule has 0 saturated carbocycles. The van der Waals surface area contributed by atoms with Gasteiger partial charge in [0.05, 0.1) is 11.9 Å². The summed E-state index contributed by atoms with van der Waals surface area (Å²) < 4.78 is 51.5. The maximum Gasteiger partial charge on any atom is 0.232 e. The van der Waals surface area contributed by atoms with E-state index in [1.54, 1.807) is 11.8 Å². The summed E-state index contributed by atoms with van der Waals surface area (Å²) in [5.74, 6) is -0.710. The number of aryl methyl sites for hydroxylation is 1. The number of thioether (sulfide) groups is 1. The van der Waals surface area contributed by atoms with E-state index >= 15 is 0 Å². The average molecular weight is 457 g/mol. The molecular weight excluding hydrogens is 430 g/mol. The minimum Gasteiger partial charge on any atom is -0.355 e. The first-order chi connectivity index (χ1) is 14.2.